The van der Waals surface area contributed by atoms with Gasteiger partial charge in [0.1, 0.15) is 11.5 Å². The molecule has 0 aromatic carbocycles. The highest BCUT2D eigenvalue weighted by Gasteiger charge is 2.28. The highest BCUT2D eigenvalue weighted by Crippen LogP contribution is 2.27. The highest BCUT2D eigenvalue weighted by molar-refractivity contribution is 7.90. The average molecular weight is 475 g/mol. The number of nitrogen functional groups attached to an aromatic ring is 1. The van der Waals surface area contributed by atoms with Gasteiger partial charge in [0.25, 0.3) is 15.9 Å². The van der Waals surface area contributed by atoms with Crippen molar-refractivity contribution in [3.63, 3.8) is 0 Å². The SMILES string of the molecule is COc1ccc(C(C)(C)C)nc1S(=O)(=O)NC(=O)c1ccc(Cn2ccc(N)n2)c(OC)n1. The van der Waals surface area contributed by atoms with Crippen molar-refractivity contribution in [3.8, 4) is 11.6 Å². The fraction of sp³-hybridized carbons (Fsp3) is 0.333. The monoisotopic (exact) mass is 474 g/mol. The van der Waals surface area contributed by atoms with Gasteiger partial charge in [-0.1, -0.05) is 20.8 Å². The Morgan fingerprint density at radius 2 is 1.82 bits per heavy atom. The van der Waals surface area contributed by atoms with Crippen LogP contribution in [0.5, 0.6) is 11.6 Å². The summed E-state index contributed by atoms with van der Waals surface area (Å²) in [6.45, 7) is 5.98. The van der Waals surface area contributed by atoms with Crippen molar-refractivity contribution in [2.45, 2.75) is 37.8 Å². The molecule has 1 amide bonds. The number of pyridine rings is 2. The molecule has 0 fully saturated rings. The molecule has 11 nitrogen and oxygen atoms in total. The van der Waals surface area contributed by atoms with Crippen LogP contribution in [-0.4, -0.2) is 48.3 Å². The Hall–Kier alpha value is -3.67. The van der Waals surface area contributed by atoms with E-state index in [1.165, 1.54) is 26.4 Å². The van der Waals surface area contributed by atoms with Gasteiger partial charge in [-0.15, -0.1) is 0 Å². The molecule has 0 radical (unpaired) electrons. The molecule has 0 saturated heterocycles. The Balaban J connectivity index is 1.89. The number of nitrogens with zero attached hydrogens (tertiary/aromatic N) is 4. The number of amides is 1. The van der Waals surface area contributed by atoms with E-state index in [1.807, 2.05) is 25.5 Å². The van der Waals surface area contributed by atoms with E-state index in [-0.39, 0.29) is 22.3 Å². The molecule has 3 aromatic rings. The molecule has 0 bridgehead atoms. The molecular formula is C21H26N6O5S. The lowest BCUT2D eigenvalue weighted by Crippen LogP contribution is -2.32. The first-order chi connectivity index (χ1) is 15.4. The largest absolute Gasteiger partial charge is 0.494 e. The molecule has 3 N–H and O–H groups in total. The minimum atomic E-state index is -4.35. The fourth-order valence-electron chi connectivity index (χ4n) is 2.95. The molecule has 0 spiro atoms. The zero-order valence-corrected chi connectivity index (χ0v) is 19.8. The van der Waals surface area contributed by atoms with Crippen LogP contribution in [0.2, 0.25) is 0 Å². The molecule has 0 unspecified atom stereocenters. The Labute approximate surface area is 192 Å². The van der Waals surface area contributed by atoms with Crippen molar-refractivity contribution in [1.29, 1.82) is 0 Å². The summed E-state index contributed by atoms with van der Waals surface area (Å²) >= 11 is 0. The van der Waals surface area contributed by atoms with Gasteiger partial charge < -0.3 is 15.2 Å². The summed E-state index contributed by atoms with van der Waals surface area (Å²) in [5.41, 5.74) is 6.22. The van der Waals surface area contributed by atoms with Crippen molar-refractivity contribution < 1.29 is 22.7 Å². The first-order valence-electron chi connectivity index (χ1n) is 9.90. The lowest BCUT2D eigenvalue weighted by atomic mass is 9.92. The van der Waals surface area contributed by atoms with E-state index in [4.69, 9.17) is 15.2 Å². The second kappa shape index (κ2) is 9.06. The molecule has 0 aliphatic rings. The Bertz CT molecular complexity index is 1280. The Morgan fingerprint density at radius 3 is 2.39 bits per heavy atom. The second-order valence-corrected chi connectivity index (χ2v) is 9.79. The van der Waals surface area contributed by atoms with Crippen molar-refractivity contribution in [2.24, 2.45) is 0 Å². The zero-order valence-electron chi connectivity index (χ0n) is 19.0. The smallest absolute Gasteiger partial charge is 0.285 e. The van der Waals surface area contributed by atoms with Crippen molar-refractivity contribution in [1.82, 2.24) is 24.5 Å². The number of nitrogens with one attached hydrogen (secondary N) is 1. The van der Waals surface area contributed by atoms with Gasteiger partial charge in [-0.25, -0.2) is 14.7 Å². The third-order valence-electron chi connectivity index (χ3n) is 4.65. The molecule has 3 heterocycles. The topological polar surface area (TPSA) is 151 Å². The number of nitrogens with two attached hydrogens (primary N) is 1. The maximum Gasteiger partial charge on any atom is 0.285 e. The van der Waals surface area contributed by atoms with E-state index in [0.29, 0.717) is 23.6 Å². The number of aromatic nitrogens is 4. The predicted octanol–water partition coefficient (Wildman–Crippen LogP) is 1.74. The maximum atomic E-state index is 13.0. The van der Waals surface area contributed by atoms with Gasteiger partial charge in [0.2, 0.25) is 10.9 Å². The molecule has 0 aliphatic heterocycles. The van der Waals surface area contributed by atoms with E-state index in [9.17, 15) is 13.2 Å². The van der Waals surface area contributed by atoms with Crippen LogP contribution in [0, 0.1) is 0 Å². The lowest BCUT2D eigenvalue weighted by Gasteiger charge is -2.19. The number of hydrogen-bond acceptors (Lipinski definition) is 9. The Morgan fingerprint density at radius 1 is 1.09 bits per heavy atom. The number of hydrogen-bond donors (Lipinski definition) is 2. The maximum absolute atomic E-state index is 13.0. The number of anilines is 1. The molecule has 33 heavy (non-hydrogen) atoms. The van der Waals surface area contributed by atoms with E-state index < -0.39 is 21.3 Å². The summed E-state index contributed by atoms with van der Waals surface area (Å²) in [4.78, 5) is 21.1. The van der Waals surface area contributed by atoms with Crippen LogP contribution >= 0.6 is 0 Å². The number of rotatable bonds is 7. The van der Waals surface area contributed by atoms with Crippen LogP contribution in [0.15, 0.2) is 41.6 Å². The molecule has 12 heteroatoms. The minimum Gasteiger partial charge on any atom is -0.494 e. The number of methoxy groups -OCH3 is 2. The van der Waals surface area contributed by atoms with Crippen LogP contribution in [0.25, 0.3) is 0 Å². The summed E-state index contributed by atoms with van der Waals surface area (Å²) in [7, 11) is -1.63. The number of carbonyl (C=O) groups is 1. The van der Waals surface area contributed by atoms with Crippen LogP contribution in [0.3, 0.4) is 0 Å². The molecular weight excluding hydrogens is 448 g/mol. The summed E-state index contributed by atoms with van der Waals surface area (Å²) in [5, 5.41) is 3.71. The predicted molar refractivity (Wildman–Crippen MR) is 121 cm³/mol. The van der Waals surface area contributed by atoms with E-state index in [1.54, 1.807) is 29.1 Å². The zero-order chi connectivity index (χ0) is 24.4. The van der Waals surface area contributed by atoms with Crippen LogP contribution in [0.1, 0.15) is 42.5 Å². The molecule has 3 aromatic heterocycles. The summed E-state index contributed by atoms with van der Waals surface area (Å²) in [5.74, 6) is -0.405. The fourth-order valence-corrected chi connectivity index (χ4v) is 4.03. The summed E-state index contributed by atoms with van der Waals surface area (Å²) in [6, 6.07) is 7.82. The van der Waals surface area contributed by atoms with Gasteiger partial charge in [0.15, 0.2) is 5.75 Å². The highest BCUT2D eigenvalue weighted by atomic mass is 32.2. The van der Waals surface area contributed by atoms with Crippen molar-refractivity contribution in [3.05, 3.63) is 53.5 Å². The van der Waals surface area contributed by atoms with Gasteiger partial charge in [0, 0.05) is 22.9 Å². The number of carbonyl (C=O) groups excluding carboxylic acids is 1. The van der Waals surface area contributed by atoms with Gasteiger partial charge in [0.05, 0.1) is 20.8 Å². The first-order valence-corrected chi connectivity index (χ1v) is 11.4. The minimum absolute atomic E-state index is 0.0164. The third kappa shape index (κ3) is 5.40. The second-order valence-electron chi connectivity index (χ2n) is 8.19. The van der Waals surface area contributed by atoms with E-state index in [0.717, 1.165) is 0 Å². The summed E-state index contributed by atoms with van der Waals surface area (Å²) in [6.07, 6.45) is 1.69. The van der Waals surface area contributed by atoms with E-state index >= 15 is 0 Å². The molecule has 176 valence electrons. The lowest BCUT2D eigenvalue weighted by molar-refractivity contribution is 0.0975. The molecule has 0 saturated carbocycles. The molecule has 3 rings (SSSR count). The Kier molecular flexibility index (Phi) is 6.58. The van der Waals surface area contributed by atoms with E-state index in [2.05, 4.69) is 15.1 Å². The van der Waals surface area contributed by atoms with Gasteiger partial charge in [-0.3, -0.25) is 9.48 Å². The molecule has 0 aliphatic carbocycles. The van der Waals surface area contributed by atoms with Gasteiger partial charge in [-0.05, 0) is 30.3 Å². The number of sulfonamides is 1. The van der Waals surface area contributed by atoms with Gasteiger partial charge >= 0.3 is 0 Å². The number of ether oxygens (including phenoxy) is 2. The van der Waals surface area contributed by atoms with Crippen molar-refractivity contribution >= 4 is 21.7 Å². The molecule has 0 atom stereocenters. The normalized spacial score (nSPS) is 11.8. The first kappa shape index (κ1) is 24.0. The van der Waals surface area contributed by atoms with Crippen LogP contribution < -0.4 is 19.9 Å². The standard InChI is InChI=1S/C21H26N6O5S/c1-21(2,3)16-9-8-15(31-4)20(24-16)33(29,30)26-18(28)14-7-6-13(19(23-14)32-5)12-27-11-10-17(22)25-27/h6-11H,12H2,1-5H3,(H2,22,25)(H,26,28). The quantitative estimate of drug-likeness (QED) is 0.521. The summed E-state index contributed by atoms with van der Waals surface area (Å²) < 4.78 is 40.0. The average Bonchev–Trinajstić information content (AvgIpc) is 3.17. The van der Waals surface area contributed by atoms with Crippen LogP contribution in [-0.2, 0) is 22.0 Å². The van der Waals surface area contributed by atoms with Crippen LogP contribution in [0.4, 0.5) is 5.82 Å². The van der Waals surface area contributed by atoms with Gasteiger partial charge in [-0.2, -0.15) is 13.5 Å². The third-order valence-corrected chi connectivity index (χ3v) is 5.91. The van der Waals surface area contributed by atoms with Crippen molar-refractivity contribution in [2.75, 3.05) is 20.0 Å².